The van der Waals surface area contributed by atoms with Crippen LogP contribution in [-0.4, -0.2) is 5.78 Å². The van der Waals surface area contributed by atoms with Crippen LogP contribution in [0.5, 0.6) is 0 Å². The van der Waals surface area contributed by atoms with Crippen LogP contribution in [0.1, 0.15) is 22.3 Å². The van der Waals surface area contributed by atoms with Gasteiger partial charge < -0.3 is 0 Å². The summed E-state index contributed by atoms with van der Waals surface area (Å²) < 4.78 is 0. The van der Waals surface area contributed by atoms with E-state index < -0.39 is 0 Å². The highest BCUT2D eigenvalue weighted by Crippen LogP contribution is 2.36. The fraction of sp³-hybridized carbons (Fsp3) is 0.0556. The minimum atomic E-state index is 0.222. The summed E-state index contributed by atoms with van der Waals surface area (Å²) in [5.41, 5.74) is 1.96. The van der Waals surface area contributed by atoms with Crippen molar-refractivity contribution in [3.05, 3.63) is 65.7 Å². The second kappa shape index (κ2) is 3.79. The molecule has 90 valence electrons. The summed E-state index contributed by atoms with van der Waals surface area (Å²) in [6, 6.07) is 16.5. The lowest BCUT2D eigenvalue weighted by molar-refractivity contribution is 0.0996. The second-order valence-electron chi connectivity index (χ2n) is 4.91. The molecule has 0 atom stereocenters. The molecule has 19 heavy (non-hydrogen) atoms. The van der Waals surface area contributed by atoms with Crippen LogP contribution in [0.25, 0.3) is 27.6 Å². The van der Waals surface area contributed by atoms with E-state index in [0.29, 0.717) is 6.42 Å². The number of carbonyl (C=O) groups is 1. The lowest BCUT2D eigenvalue weighted by atomic mass is 9.86. The molecule has 3 aromatic carbocycles. The van der Waals surface area contributed by atoms with Gasteiger partial charge in [0, 0.05) is 12.0 Å². The fourth-order valence-electron chi connectivity index (χ4n) is 3.03. The molecule has 0 N–H and O–H groups in total. The third-order valence-electron chi connectivity index (χ3n) is 3.84. The van der Waals surface area contributed by atoms with Gasteiger partial charge in [0.15, 0.2) is 5.78 Å². The normalized spacial score (nSPS) is 14.0. The molecule has 0 aliphatic heterocycles. The maximum absolute atomic E-state index is 12.3. The summed E-state index contributed by atoms with van der Waals surface area (Å²) in [4.78, 5) is 12.3. The average molecular weight is 244 g/mol. The van der Waals surface area contributed by atoms with Crippen LogP contribution in [0.2, 0.25) is 0 Å². The maximum atomic E-state index is 12.3. The van der Waals surface area contributed by atoms with Crippen molar-refractivity contribution < 1.29 is 4.79 Å². The molecule has 4 rings (SSSR count). The van der Waals surface area contributed by atoms with Gasteiger partial charge in [0.2, 0.25) is 0 Å². The first-order chi connectivity index (χ1) is 9.36. The molecule has 0 spiro atoms. The predicted octanol–water partition coefficient (Wildman–Crippen LogP) is 4.59. The van der Waals surface area contributed by atoms with Gasteiger partial charge in [-0.2, -0.15) is 0 Å². The molecular formula is C18H12O. The summed E-state index contributed by atoms with van der Waals surface area (Å²) in [5, 5.41) is 4.63. The maximum Gasteiger partial charge on any atom is 0.167 e. The van der Waals surface area contributed by atoms with Gasteiger partial charge in [0.1, 0.15) is 0 Å². The van der Waals surface area contributed by atoms with E-state index in [1.54, 1.807) is 0 Å². The number of Topliss-reactive ketones (excluding diaryl/α,β-unsaturated/α-hetero) is 1. The van der Waals surface area contributed by atoms with Crippen molar-refractivity contribution in [3.8, 4) is 0 Å². The quantitative estimate of drug-likeness (QED) is 0.528. The summed E-state index contributed by atoms with van der Waals surface area (Å²) in [6.07, 6.45) is 4.56. The third-order valence-corrected chi connectivity index (χ3v) is 3.84. The SMILES string of the molecule is O=C1CC=Cc2c1c1ccccc1c1ccccc21. The standard InChI is InChI=1S/C18H12O/c19-17-11-5-10-16-14-7-2-1-6-12(14)13-8-3-4-9-15(13)18(16)17/h1-10H,11H2. The highest BCUT2D eigenvalue weighted by atomic mass is 16.1. The van der Waals surface area contributed by atoms with E-state index in [2.05, 4.69) is 36.4 Å². The Morgan fingerprint density at radius 2 is 1.32 bits per heavy atom. The van der Waals surface area contributed by atoms with Crippen molar-refractivity contribution in [3.63, 3.8) is 0 Å². The molecule has 1 aliphatic rings. The van der Waals surface area contributed by atoms with Crippen molar-refractivity contribution in [2.24, 2.45) is 0 Å². The van der Waals surface area contributed by atoms with E-state index >= 15 is 0 Å². The number of rotatable bonds is 0. The Morgan fingerprint density at radius 1 is 0.737 bits per heavy atom. The summed E-state index contributed by atoms with van der Waals surface area (Å²) in [5.74, 6) is 0.222. The van der Waals surface area contributed by atoms with Gasteiger partial charge in [-0.3, -0.25) is 4.79 Å². The molecule has 0 bridgehead atoms. The van der Waals surface area contributed by atoms with Crippen LogP contribution in [0.15, 0.2) is 54.6 Å². The van der Waals surface area contributed by atoms with Crippen molar-refractivity contribution in [2.45, 2.75) is 6.42 Å². The van der Waals surface area contributed by atoms with Gasteiger partial charge >= 0.3 is 0 Å². The molecule has 1 nitrogen and oxygen atoms in total. The van der Waals surface area contributed by atoms with Gasteiger partial charge in [0.05, 0.1) is 0 Å². The van der Waals surface area contributed by atoms with Crippen molar-refractivity contribution in [1.82, 2.24) is 0 Å². The van der Waals surface area contributed by atoms with Gasteiger partial charge in [-0.25, -0.2) is 0 Å². The average Bonchev–Trinajstić information content (AvgIpc) is 2.47. The number of fused-ring (bicyclic) bond motifs is 6. The molecule has 0 amide bonds. The van der Waals surface area contributed by atoms with Crippen LogP contribution >= 0.6 is 0 Å². The molecule has 0 aromatic heterocycles. The monoisotopic (exact) mass is 244 g/mol. The van der Waals surface area contributed by atoms with Crippen molar-refractivity contribution in [2.75, 3.05) is 0 Å². The van der Waals surface area contributed by atoms with Gasteiger partial charge in [-0.05, 0) is 27.1 Å². The number of hydrogen-bond donors (Lipinski definition) is 0. The minimum absolute atomic E-state index is 0.222. The van der Waals surface area contributed by atoms with Crippen LogP contribution in [0.3, 0.4) is 0 Å². The number of benzene rings is 3. The topological polar surface area (TPSA) is 17.1 Å². The Kier molecular flexibility index (Phi) is 2.10. The second-order valence-corrected chi connectivity index (χ2v) is 4.91. The first kappa shape index (κ1) is 10.5. The lowest BCUT2D eigenvalue weighted by Crippen LogP contribution is -2.06. The van der Waals surface area contributed by atoms with Gasteiger partial charge in [-0.15, -0.1) is 0 Å². The van der Waals surface area contributed by atoms with E-state index in [9.17, 15) is 4.79 Å². The van der Waals surface area contributed by atoms with Crippen LogP contribution in [-0.2, 0) is 0 Å². The number of carbonyl (C=O) groups excluding carboxylic acids is 1. The summed E-state index contributed by atoms with van der Waals surface area (Å²) in [6.45, 7) is 0. The Morgan fingerprint density at radius 3 is 2.05 bits per heavy atom. The Labute approximate surface area is 111 Å². The number of hydrogen-bond acceptors (Lipinski definition) is 1. The van der Waals surface area contributed by atoms with Crippen LogP contribution in [0, 0.1) is 0 Å². The van der Waals surface area contributed by atoms with Gasteiger partial charge in [-0.1, -0.05) is 60.7 Å². The molecular weight excluding hydrogens is 232 g/mol. The summed E-state index contributed by atoms with van der Waals surface area (Å²) >= 11 is 0. The van der Waals surface area contributed by atoms with Gasteiger partial charge in [0.25, 0.3) is 0 Å². The van der Waals surface area contributed by atoms with Crippen molar-refractivity contribution >= 4 is 33.4 Å². The molecule has 3 aromatic rings. The van der Waals surface area contributed by atoms with E-state index in [1.807, 2.05) is 24.3 Å². The van der Waals surface area contributed by atoms with E-state index in [-0.39, 0.29) is 5.78 Å². The van der Waals surface area contributed by atoms with E-state index in [1.165, 1.54) is 16.2 Å². The molecule has 0 fully saturated rings. The first-order valence-corrected chi connectivity index (χ1v) is 6.49. The molecule has 0 saturated carbocycles. The summed E-state index contributed by atoms with van der Waals surface area (Å²) in [7, 11) is 0. The van der Waals surface area contributed by atoms with Crippen LogP contribution in [0.4, 0.5) is 0 Å². The molecule has 0 heterocycles. The number of allylic oxidation sites excluding steroid dienone is 1. The first-order valence-electron chi connectivity index (χ1n) is 6.49. The van der Waals surface area contributed by atoms with E-state index in [0.717, 1.165) is 16.5 Å². The van der Waals surface area contributed by atoms with Crippen molar-refractivity contribution in [1.29, 1.82) is 0 Å². The highest BCUT2D eigenvalue weighted by Gasteiger charge is 2.19. The Balaban J connectivity index is 2.36. The lowest BCUT2D eigenvalue weighted by Gasteiger charge is -2.16. The fourth-order valence-corrected chi connectivity index (χ4v) is 3.03. The van der Waals surface area contributed by atoms with E-state index in [4.69, 9.17) is 0 Å². The Bertz CT molecular complexity index is 856. The number of ketones is 1. The van der Waals surface area contributed by atoms with Crippen LogP contribution < -0.4 is 0 Å². The predicted molar refractivity (Wildman–Crippen MR) is 79.4 cm³/mol. The zero-order chi connectivity index (χ0) is 12.8. The molecule has 0 saturated heterocycles. The zero-order valence-electron chi connectivity index (χ0n) is 10.4. The third kappa shape index (κ3) is 1.39. The molecule has 0 radical (unpaired) electrons. The largest absolute Gasteiger partial charge is 0.294 e. The smallest absolute Gasteiger partial charge is 0.167 e. The zero-order valence-corrected chi connectivity index (χ0v) is 10.4. The minimum Gasteiger partial charge on any atom is -0.294 e. The molecule has 0 unspecified atom stereocenters. The Hall–Kier alpha value is -2.41. The highest BCUT2D eigenvalue weighted by molar-refractivity contribution is 6.22. The molecule has 1 heteroatoms. The molecule has 1 aliphatic carbocycles.